The molecule has 162 valence electrons. The molecule has 0 saturated heterocycles. The molecule has 0 saturated carbocycles. The van der Waals surface area contributed by atoms with Crippen LogP contribution in [-0.4, -0.2) is 16.8 Å². The van der Waals surface area contributed by atoms with E-state index in [9.17, 15) is 9.59 Å². The maximum atomic E-state index is 13.0. The third-order valence-corrected chi connectivity index (χ3v) is 6.61. The Balaban J connectivity index is 1.56. The molecule has 4 rings (SSSR count). The maximum Gasteiger partial charge on any atom is 0.256 e. The fraction of sp³-hybridized carbons (Fsp3) is 0.125. The number of thiazole rings is 1. The minimum absolute atomic E-state index is 0.318. The molecule has 2 heterocycles. The van der Waals surface area contributed by atoms with Crippen LogP contribution < -0.4 is 15.8 Å². The van der Waals surface area contributed by atoms with Gasteiger partial charge in [-0.15, -0.1) is 22.7 Å². The highest BCUT2D eigenvalue weighted by Gasteiger charge is 2.23. The van der Waals surface area contributed by atoms with Gasteiger partial charge in [0.25, 0.3) is 11.8 Å². The molecule has 0 spiro atoms. The Bertz CT molecular complexity index is 1280. The number of carbonyl (C=O) groups is 2. The van der Waals surface area contributed by atoms with Crippen molar-refractivity contribution < 1.29 is 14.3 Å². The molecular formula is C24H21N3O3S2. The van der Waals surface area contributed by atoms with Gasteiger partial charge in [-0.05, 0) is 37.6 Å². The van der Waals surface area contributed by atoms with Gasteiger partial charge < -0.3 is 15.8 Å². The number of ether oxygens (including phenoxy) is 1. The first-order chi connectivity index (χ1) is 15.4. The predicted octanol–water partition coefficient (Wildman–Crippen LogP) is 5.42. The maximum absolute atomic E-state index is 13.0. The van der Waals surface area contributed by atoms with Crippen molar-refractivity contribution in [2.45, 2.75) is 20.5 Å². The number of nitrogens with two attached hydrogens (primary N) is 1. The highest BCUT2D eigenvalue weighted by molar-refractivity contribution is 7.17. The van der Waals surface area contributed by atoms with Crippen molar-refractivity contribution in [3.63, 3.8) is 0 Å². The van der Waals surface area contributed by atoms with Crippen molar-refractivity contribution in [3.8, 4) is 16.9 Å². The smallest absolute Gasteiger partial charge is 0.256 e. The number of anilines is 1. The SMILES string of the molecule is Cc1nc(COc2cccc(C(=O)Nc3sc(C)c(-c4ccccc4)c3C(N)=O)c2)cs1. The third kappa shape index (κ3) is 4.71. The van der Waals surface area contributed by atoms with E-state index in [-0.39, 0.29) is 5.91 Å². The van der Waals surface area contributed by atoms with E-state index in [1.807, 2.05) is 49.6 Å². The van der Waals surface area contributed by atoms with Crippen LogP contribution in [-0.2, 0) is 6.61 Å². The minimum Gasteiger partial charge on any atom is -0.487 e. The largest absolute Gasteiger partial charge is 0.487 e. The highest BCUT2D eigenvalue weighted by atomic mass is 32.1. The minimum atomic E-state index is -0.584. The van der Waals surface area contributed by atoms with Gasteiger partial charge in [0.05, 0.1) is 16.3 Å². The number of benzene rings is 2. The van der Waals surface area contributed by atoms with E-state index >= 15 is 0 Å². The average Bonchev–Trinajstić information content (AvgIpc) is 3.35. The molecule has 2 amide bonds. The number of carbonyl (C=O) groups excluding carboxylic acids is 2. The standard InChI is InChI=1S/C24H21N3O3S2/c1-14-20(16-7-4-3-5-8-16)21(22(25)28)24(32-14)27-23(29)17-9-6-10-19(11-17)30-12-18-13-31-15(2)26-18/h3-11,13H,12H2,1-2H3,(H2,25,28)(H,27,29). The van der Waals surface area contributed by atoms with E-state index in [0.29, 0.717) is 28.5 Å². The van der Waals surface area contributed by atoms with Crippen LogP contribution in [0, 0.1) is 13.8 Å². The number of rotatable bonds is 7. The summed E-state index contributed by atoms with van der Waals surface area (Å²) in [5, 5.41) is 6.21. The molecule has 3 N–H and O–H groups in total. The van der Waals surface area contributed by atoms with Gasteiger partial charge in [0.15, 0.2) is 0 Å². The molecule has 0 aliphatic heterocycles. The van der Waals surface area contributed by atoms with Gasteiger partial charge in [0, 0.05) is 21.4 Å². The van der Waals surface area contributed by atoms with Crippen LogP contribution in [0.25, 0.3) is 11.1 Å². The molecule has 0 aliphatic carbocycles. The van der Waals surface area contributed by atoms with E-state index in [2.05, 4.69) is 10.3 Å². The van der Waals surface area contributed by atoms with E-state index in [0.717, 1.165) is 26.7 Å². The second kappa shape index (κ2) is 9.33. The van der Waals surface area contributed by atoms with Gasteiger partial charge in [0.2, 0.25) is 0 Å². The number of nitrogens with zero attached hydrogens (tertiary/aromatic N) is 1. The lowest BCUT2D eigenvalue weighted by atomic mass is 10.0. The molecule has 2 aromatic carbocycles. The number of aryl methyl sites for hydroxylation is 2. The number of amides is 2. The van der Waals surface area contributed by atoms with Crippen LogP contribution >= 0.6 is 22.7 Å². The summed E-state index contributed by atoms with van der Waals surface area (Å²) in [5.74, 6) is -0.367. The number of aromatic nitrogens is 1. The van der Waals surface area contributed by atoms with Gasteiger partial charge >= 0.3 is 0 Å². The van der Waals surface area contributed by atoms with Gasteiger partial charge in [-0.1, -0.05) is 36.4 Å². The topological polar surface area (TPSA) is 94.3 Å². The quantitative estimate of drug-likeness (QED) is 0.383. The Morgan fingerprint density at radius 3 is 2.56 bits per heavy atom. The molecule has 8 heteroatoms. The number of thiophene rings is 1. The molecule has 6 nitrogen and oxygen atoms in total. The van der Waals surface area contributed by atoms with Crippen LogP contribution in [0.2, 0.25) is 0 Å². The number of hydrogen-bond acceptors (Lipinski definition) is 6. The Labute approximate surface area is 193 Å². The average molecular weight is 464 g/mol. The Hall–Kier alpha value is -3.49. The summed E-state index contributed by atoms with van der Waals surface area (Å²) in [6.45, 7) is 4.17. The zero-order valence-corrected chi connectivity index (χ0v) is 19.2. The van der Waals surface area contributed by atoms with Gasteiger partial charge in [-0.2, -0.15) is 0 Å². The molecule has 0 unspecified atom stereocenters. The molecule has 32 heavy (non-hydrogen) atoms. The van der Waals surface area contributed by atoms with Crippen LogP contribution in [0.3, 0.4) is 0 Å². The van der Waals surface area contributed by atoms with Crippen molar-refractivity contribution in [2.24, 2.45) is 5.73 Å². The zero-order valence-electron chi connectivity index (χ0n) is 17.5. The highest BCUT2D eigenvalue weighted by Crippen LogP contribution is 2.39. The van der Waals surface area contributed by atoms with Crippen LogP contribution in [0.1, 0.15) is 36.3 Å². The second-order valence-electron chi connectivity index (χ2n) is 7.10. The monoisotopic (exact) mass is 463 g/mol. The summed E-state index contributed by atoms with van der Waals surface area (Å²) < 4.78 is 5.78. The molecule has 0 fully saturated rings. The summed E-state index contributed by atoms with van der Waals surface area (Å²) >= 11 is 2.89. The Morgan fingerprint density at radius 2 is 1.88 bits per heavy atom. The third-order valence-electron chi connectivity index (χ3n) is 4.77. The Kier molecular flexibility index (Phi) is 6.34. The number of nitrogens with one attached hydrogen (secondary N) is 1. The molecule has 2 aromatic heterocycles. The summed E-state index contributed by atoms with van der Waals surface area (Å²) in [5.41, 5.74) is 8.89. The summed E-state index contributed by atoms with van der Waals surface area (Å²) in [4.78, 5) is 30.5. The van der Waals surface area contributed by atoms with Crippen LogP contribution in [0.4, 0.5) is 5.00 Å². The van der Waals surface area contributed by atoms with E-state index in [1.165, 1.54) is 11.3 Å². The molecule has 0 bridgehead atoms. The van der Waals surface area contributed by atoms with Crippen LogP contribution in [0.5, 0.6) is 5.75 Å². The first-order valence-corrected chi connectivity index (χ1v) is 11.6. The summed E-state index contributed by atoms with van der Waals surface area (Å²) in [6.07, 6.45) is 0. The van der Waals surface area contributed by atoms with Crippen LogP contribution in [0.15, 0.2) is 60.0 Å². The fourth-order valence-electron chi connectivity index (χ4n) is 3.35. The molecule has 4 aromatic rings. The van der Waals surface area contributed by atoms with Crippen molar-refractivity contribution in [3.05, 3.63) is 86.7 Å². The van der Waals surface area contributed by atoms with Gasteiger partial charge in [0.1, 0.15) is 17.4 Å². The summed E-state index contributed by atoms with van der Waals surface area (Å²) in [6, 6.07) is 16.4. The molecular weight excluding hydrogens is 442 g/mol. The van der Waals surface area contributed by atoms with E-state index < -0.39 is 5.91 Å². The lowest BCUT2D eigenvalue weighted by Crippen LogP contribution is -2.17. The van der Waals surface area contributed by atoms with E-state index in [1.54, 1.807) is 35.6 Å². The van der Waals surface area contributed by atoms with Crippen molar-refractivity contribution in [1.82, 2.24) is 4.98 Å². The number of primary amides is 1. The molecule has 0 atom stereocenters. The number of hydrogen-bond donors (Lipinski definition) is 2. The molecule has 0 radical (unpaired) electrons. The fourth-order valence-corrected chi connectivity index (χ4v) is 5.03. The van der Waals surface area contributed by atoms with Crippen molar-refractivity contribution >= 4 is 39.5 Å². The summed E-state index contributed by atoms with van der Waals surface area (Å²) in [7, 11) is 0. The van der Waals surface area contributed by atoms with Gasteiger partial charge in [-0.3, -0.25) is 9.59 Å². The lowest BCUT2D eigenvalue weighted by molar-refractivity contribution is 0.100. The van der Waals surface area contributed by atoms with Gasteiger partial charge in [-0.25, -0.2) is 4.98 Å². The normalized spacial score (nSPS) is 10.7. The Morgan fingerprint density at radius 1 is 1.09 bits per heavy atom. The first kappa shape index (κ1) is 21.7. The lowest BCUT2D eigenvalue weighted by Gasteiger charge is -2.09. The van der Waals surface area contributed by atoms with Crippen molar-refractivity contribution in [1.29, 1.82) is 0 Å². The van der Waals surface area contributed by atoms with Crippen molar-refractivity contribution in [2.75, 3.05) is 5.32 Å². The first-order valence-electron chi connectivity index (χ1n) is 9.86. The predicted molar refractivity (Wildman–Crippen MR) is 129 cm³/mol. The zero-order chi connectivity index (χ0) is 22.7. The molecule has 0 aliphatic rings. The van der Waals surface area contributed by atoms with E-state index in [4.69, 9.17) is 10.5 Å². The second-order valence-corrected chi connectivity index (χ2v) is 9.38.